The first-order valence-corrected chi connectivity index (χ1v) is 5.99. The molecule has 1 unspecified atom stereocenters. The molecule has 1 aliphatic rings. The van der Waals surface area contributed by atoms with E-state index in [0.29, 0.717) is 25.5 Å². The lowest BCUT2D eigenvalue weighted by atomic mass is 9.77. The average Bonchev–Trinajstić information content (AvgIpc) is 2.32. The Labute approximate surface area is 102 Å². The van der Waals surface area contributed by atoms with Crippen molar-refractivity contribution in [3.05, 3.63) is 11.6 Å². The molecule has 0 aromatic carbocycles. The van der Waals surface area contributed by atoms with Crippen LogP contribution in [0.25, 0.3) is 0 Å². The highest BCUT2D eigenvalue weighted by molar-refractivity contribution is 5.39. The summed E-state index contributed by atoms with van der Waals surface area (Å²) in [4.78, 5) is 20.6. The summed E-state index contributed by atoms with van der Waals surface area (Å²) < 4.78 is 9.97. The van der Waals surface area contributed by atoms with Crippen molar-refractivity contribution in [2.45, 2.75) is 45.1 Å². The molecule has 1 aliphatic carbocycles. The van der Waals surface area contributed by atoms with Crippen LogP contribution in [0.1, 0.15) is 39.5 Å². The largest absolute Gasteiger partial charge is 0.468 e. The third kappa shape index (κ3) is 3.58. The monoisotopic (exact) mass is 240 g/mol. The molecule has 0 saturated carbocycles. The first kappa shape index (κ1) is 13.7. The van der Waals surface area contributed by atoms with Crippen molar-refractivity contribution in [3.63, 3.8) is 0 Å². The van der Waals surface area contributed by atoms with Crippen LogP contribution in [0.15, 0.2) is 11.6 Å². The molecule has 4 heteroatoms. The van der Waals surface area contributed by atoms with Crippen LogP contribution in [-0.2, 0) is 19.1 Å². The molecule has 0 aromatic rings. The Morgan fingerprint density at radius 1 is 1.41 bits per heavy atom. The summed E-state index contributed by atoms with van der Waals surface area (Å²) >= 11 is 0. The summed E-state index contributed by atoms with van der Waals surface area (Å²) in [6.07, 6.45) is 5.37. The van der Waals surface area contributed by atoms with Gasteiger partial charge in [-0.25, -0.2) is 0 Å². The fourth-order valence-corrected chi connectivity index (χ4v) is 2.22. The minimum absolute atomic E-state index is 0.303. The predicted molar refractivity (Wildman–Crippen MR) is 63.3 cm³/mol. The number of ether oxygens (including phenoxy) is 2. The number of carbonyl (C=O) groups is 2. The Morgan fingerprint density at radius 3 is 2.65 bits per heavy atom. The zero-order chi connectivity index (χ0) is 12.7. The molecule has 0 aromatic heterocycles. The van der Waals surface area contributed by atoms with Crippen molar-refractivity contribution < 1.29 is 19.1 Å². The molecule has 0 amide bonds. The van der Waals surface area contributed by atoms with Crippen molar-refractivity contribution in [3.8, 4) is 0 Å². The third-order valence-corrected chi connectivity index (χ3v) is 3.55. The van der Waals surface area contributed by atoms with Gasteiger partial charge in [-0.15, -0.1) is 0 Å². The van der Waals surface area contributed by atoms with E-state index >= 15 is 0 Å². The maximum atomic E-state index is 10.6. The van der Waals surface area contributed by atoms with E-state index in [4.69, 9.17) is 4.74 Å². The van der Waals surface area contributed by atoms with E-state index in [2.05, 4.69) is 24.7 Å². The lowest BCUT2D eigenvalue weighted by Gasteiger charge is -2.38. The van der Waals surface area contributed by atoms with Crippen LogP contribution in [0.3, 0.4) is 0 Å². The molecule has 1 atom stereocenters. The summed E-state index contributed by atoms with van der Waals surface area (Å²) in [5, 5.41) is 0. The van der Waals surface area contributed by atoms with Crippen LogP contribution in [0, 0.1) is 5.92 Å². The average molecular weight is 240 g/mol. The van der Waals surface area contributed by atoms with Crippen molar-refractivity contribution in [2.75, 3.05) is 6.61 Å². The molecule has 0 heterocycles. The number of rotatable bonds is 7. The van der Waals surface area contributed by atoms with Gasteiger partial charge < -0.3 is 9.47 Å². The van der Waals surface area contributed by atoms with Gasteiger partial charge in [0.1, 0.15) is 5.60 Å². The van der Waals surface area contributed by atoms with Gasteiger partial charge in [-0.3, -0.25) is 9.59 Å². The topological polar surface area (TPSA) is 52.6 Å². The van der Waals surface area contributed by atoms with E-state index in [1.807, 2.05) is 0 Å². The maximum absolute atomic E-state index is 10.6. The summed E-state index contributed by atoms with van der Waals surface area (Å²) in [6, 6.07) is 0. The summed E-state index contributed by atoms with van der Waals surface area (Å²) in [7, 11) is 0. The highest BCUT2D eigenvalue weighted by Crippen LogP contribution is 2.37. The quantitative estimate of drug-likeness (QED) is 0.389. The molecule has 0 N–H and O–H groups in total. The van der Waals surface area contributed by atoms with Gasteiger partial charge in [-0.1, -0.05) is 25.5 Å². The van der Waals surface area contributed by atoms with Gasteiger partial charge in [-0.2, -0.15) is 0 Å². The fraction of sp³-hybridized carbons (Fsp3) is 0.692. The van der Waals surface area contributed by atoms with Crippen LogP contribution < -0.4 is 0 Å². The van der Waals surface area contributed by atoms with Crippen LogP contribution in [0.5, 0.6) is 0 Å². The van der Waals surface area contributed by atoms with Crippen molar-refractivity contribution in [1.82, 2.24) is 0 Å². The molecular weight excluding hydrogens is 220 g/mol. The second-order valence-corrected chi connectivity index (χ2v) is 4.72. The van der Waals surface area contributed by atoms with E-state index in [0.717, 1.165) is 25.7 Å². The molecule has 0 fully saturated rings. The molecular formula is C13H20O4. The number of hydrogen-bond acceptors (Lipinski definition) is 4. The Bertz CT molecular complexity index is 296. The normalized spacial score (nSPS) is 24.1. The van der Waals surface area contributed by atoms with Crippen LogP contribution >= 0.6 is 0 Å². The van der Waals surface area contributed by atoms with Crippen molar-refractivity contribution in [1.29, 1.82) is 0 Å². The van der Waals surface area contributed by atoms with Gasteiger partial charge in [0.15, 0.2) is 0 Å². The molecule has 0 radical (unpaired) electrons. The fourth-order valence-electron chi connectivity index (χ4n) is 2.22. The molecule has 1 rings (SSSR count). The number of hydrogen-bond donors (Lipinski definition) is 0. The lowest BCUT2D eigenvalue weighted by Crippen LogP contribution is -2.39. The van der Waals surface area contributed by atoms with E-state index in [1.54, 1.807) is 0 Å². The molecule has 17 heavy (non-hydrogen) atoms. The van der Waals surface area contributed by atoms with Crippen LogP contribution in [-0.4, -0.2) is 25.2 Å². The van der Waals surface area contributed by atoms with Gasteiger partial charge in [0, 0.05) is 12.8 Å². The standard InChI is InChI=1S/C13H20O4/c1-11(2)13(17-10-15)6-3-12(4-7-13)5-8-16-9-14/h3,9-11H,4-8H2,1-2H3. The minimum Gasteiger partial charge on any atom is -0.468 e. The highest BCUT2D eigenvalue weighted by atomic mass is 16.5. The van der Waals surface area contributed by atoms with Gasteiger partial charge in [-0.05, 0) is 18.8 Å². The molecule has 0 aliphatic heterocycles. The van der Waals surface area contributed by atoms with Gasteiger partial charge >= 0.3 is 0 Å². The zero-order valence-corrected chi connectivity index (χ0v) is 10.5. The van der Waals surface area contributed by atoms with Gasteiger partial charge in [0.05, 0.1) is 6.61 Å². The Morgan fingerprint density at radius 2 is 2.18 bits per heavy atom. The molecule has 96 valence electrons. The van der Waals surface area contributed by atoms with E-state index in [1.165, 1.54) is 5.57 Å². The zero-order valence-electron chi connectivity index (χ0n) is 10.5. The summed E-state index contributed by atoms with van der Waals surface area (Å²) in [6.45, 7) is 5.58. The Hall–Kier alpha value is -1.32. The van der Waals surface area contributed by atoms with Gasteiger partial charge in [0.25, 0.3) is 12.9 Å². The minimum atomic E-state index is -0.350. The maximum Gasteiger partial charge on any atom is 0.293 e. The second-order valence-electron chi connectivity index (χ2n) is 4.72. The smallest absolute Gasteiger partial charge is 0.293 e. The molecule has 0 spiro atoms. The summed E-state index contributed by atoms with van der Waals surface area (Å²) in [5.41, 5.74) is 0.925. The van der Waals surface area contributed by atoms with E-state index in [-0.39, 0.29) is 5.60 Å². The Balaban J connectivity index is 2.55. The molecule has 4 nitrogen and oxygen atoms in total. The first-order valence-electron chi connectivity index (χ1n) is 5.99. The Kier molecular flexibility index (Phi) is 5.19. The molecule has 0 saturated heterocycles. The van der Waals surface area contributed by atoms with E-state index in [9.17, 15) is 9.59 Å². The predicted octanol–water partition coefficient (Wildman–Crippen LogP) is 2.23. The van der Waals surface area contributed by atoms with Crippen molar-refractivity contribution in [2.24, 2.45) is 5.92 Å². The van der Waals surface area contributed by atoms with Crippen LogP contribution in [0.2, 0.25) is 0 Å². The van der Waals surface area contributed by atoms with Crippen LogP contribution in [0.4, 0.5) is 0 Å². The molecule has 0 bridgehead atoms. The second kappa shape index (κ2) is 6.42. The summed E-state index contributed by atoms with van der Waals surface area (Å²) in [5.74, 6) is 0.303. The highest BCUT2D eigenvalue weighted by Gasteiger charge is 2.36. The third-order valence-electron chi connectivity index (χ3n) is 3.55. The lowest BCUT2D eigenvalue weighted by molar-refractivity contribution is -0.150. The number of carbonyl (C=O) groups excluding carboxylic acids is 2. The SMILES string of the molecule is CC(C)C1(OC=O)CC=C(CCOC=O)CC1. The van der Waals surface area contributed by atoms with E-state index < -0.39 is 0 Å². The van der Waals surface area contributed by atoms with Crippen molar-refractivity contribution >= 4 is 12.9 Å². The first-order chi connectivity index (χ1) is 8.14. The van der Waals surface area contributed by atoms with Gasteiger partial charge in [0.2, 0.25) is 0 Å².